The quantitative estimate of drug-likeness (QED) is 0.921. The van der Waals surface area contributed by atoms with E-state index in [1.807, 2.05) is 11.9 Å². The van der Waals surface area contributed by atoms with Crippen LogP contribution < -0.4 is 5.32 Å². The molecule has 0 aliphatic carbocycles. The van der Waals surface area contributed by atoms with Crippen LogP contribution in [0.1, 0.15) is 29.1 Å². The highest BCUT2D eigenvalue weighted by Gasteiger charge is 2.31. The number of likely N-dealkylation sites (tertiary alicyclic amines) is 1. The molecule has 0 bridgehead atoms. The predicted octanol–water partition coefficient (Wildman–Crippen LogP) is 1.65. The molecule has 0 saturated carbocycles. The van der Waals surface area contributed by atoms with E-state index in [1.54, 1.807) is 6.92 Å². The minimum absolute atomic E-state index is 0. The molecule has 0 aromatic carbocycles. The van der Waals surface area contributed by atoms with Gasteiger partial charge in [-0.05, 0) is 26.8 Å². The highest BCUT2D eigenvalue weighted by molar-refractivity contribution is 5.92. The van der Waals surface area contributed by atoms with Crippen LogP contribution in [0, 0.1) is 6.92 Å². The highest BCUT2D eigenvalue weighted by atomic mass is 35.5. The second kappa shape index (κ2) is 7.61. The number of carbonyl (C=O) groups excluding carboxylic acids is 1. The van der Waals surface area contributed by atoms with Gasteiger partial charge in [-0.15, -0.1) is 24.8 Å². The van der Waals surface area contributed by atoms with E-state index in [1.165, 1.54) is 6.39 Å². The van der Waals surface area contributed by atoms with Crippen LogP contribution in [-0.4, -0.2) is 42.0 Å². The molecule has 1 aliphatic heterocycles. The molecule has 2 rings (SSSR count). The van der Waals surface area contributed by atoms with E-state index in [9.17, 15) is 4.79 Å². The van der Waals surface area contributed by atoms with Gasteiger partial charge in [-0.25, -0.2) is 4.98 Å². The van der Waals surface area contributed by atoms with E-state index in [4.69, 9.17) is 4.42 Å². The first-order valence-corrected chi connectivity index (χ1v) is 5.59. The first-order valence-electron chi connectivity index (χ1n) is 5.59. The molecule has 1 amide bonds. The van der Waals surface area contributed by atoms with Crippen molar-refractivity contribution in [1.82, 2.24) is 15.2 Å². The number of rotatable bonds is 3. The zero-order chi connectivity index (χ0) is 11.5. The van der Waals surface area contributed by atoms with Gasteiger partial charge in [-0.3, -0.25) is 4.79 Å². The van der Waals surface area contributed by atoms with Crippen LogP contribution in [0.15, 0.2) is 10.8 Å². The van der Waals surface area contributed by atoms with Gasteiger partial charge >= 0.3 is 0 Å². The van der Waals surface area contributed by atoms with Crippen molar-refractivity contribution in [1.29, 1.82) is 0 Å². The number of aromatic nitrogens is 1. The first kappa shape index (κ1) is 17.2. The van der Waals surface area contributed by atoms with E-state index in [0.29, 0.717) is 11.5 Å². The summed E-state index contributed by atoms with van der Waals surface area (Å²) in [5.74, 6) is 0.343. The molecule has 5 nitrogen and oxygen atoms in total. The number of carbonyl (C=O) groups is 1. The Hall–Kier alpha value is -0.780. The van der Waals surface area contributed by atoms with Gasteiger partial charge < -0.3 is 14.6 Å². The number of hydrogen-bond donors (Lipinski definition) is 1. The summed E-state index contributed by atoms with van der Waals surface area (Å²) >= 11 is 0. The molecule has 1 aromatic rings. The molecule has 18 heavy (non-hydrogen) atoms. The molecule has 7 heteroatoms. The van der Waals surface area contributed by atoms with Crippen molar-refractivity contribution < 1.29 is 9.21 Å². The van der Waals surface area contributed by atoms with Gasteiger partial charge in [0.05, 0.1) is 5.69 Å². The average Bonchev–Trinajstić information content (AvgIpc) is 2.87. The van der Waals surface area contributed by atoms with E-state index in [2.05, 4.69) is 10.3 Å². The molecule has 1 N–H and O–H groups in total. The Bertz CT molecular complexity index is 384. The lowest BCUT2D eigenvalue weighted by atomic mass is 10.2. The Kier molecular flexibility index (Phi) is 7.28. The maximum Gasteiger partial charge on any atom is 0.291 e. The molecule has 1 aromatic heterocycles. The highest BCUT2D eigenvalue weighted by Crippen LogP contribution is 2.20. The van der Waals surface area contributed by atoms with Crippen LogP contribution in [0.25, 0.3) is 0 Å². The van der Waals surface area contributed by atoms with Crippen LogP contribution in [-0.2, 0) is 0 Å². The van der Waals surface area contributed by atoms with E-state index < -0.39 is 0 Å². The van der Waals surface area contributed by atoms with Gasteiger partial charge in [-0.1, -0.05) is 0 Å². The maximum atomic E-state index is 12.2. The van der Waals surface area contributed by atoms with Crippen molar-refractivity contribution in [2.24, 2.45) is 0 Å². The molecule has 1 fully saturated rings. The minimum atomic E-state index is -0.0345. The third kappa shape index (κ3) is 3.37. The van der Waals surface area contributed by atoms with E-state index >= 15 is 0 Å². The summed E-state index contributed by atoms with van der Waals surface area (Å²) in [6.07, 6.45) is 3.44. The van der Waals surface area contributed by atoms with Gasteiger partial charge in [0.1, 0.15) is 0 Å². The molecule has 2 heterocycles. The van der Waals surface area contributed by atoms with Crippen LogP contribution in [0.5, 0.6) is 0 Å². The summed E-state index contributed by atoms with van der Waals surface area (Å²) in [6, 6.07) is 0.280. The SMILES string of the molecule is CNCC1CCCN1C(=O)c1ocnc1C.Cl.Cl. The normalized spacial score (nSPS) is 18.1. The zero-order valence-corrected chi connectivity index (χ0v) is 12.1. The zero-order valence-electron chi connectivity index (χ0n) is 10.5. The molecule has 1 unspecified atom stereocenters. The fourth-order valence-corrected chi connectivity index (χ4v) is 2.19. The topological polar surface area (TPSA) is 58.4 Å². The summed E-state index contributed by atoms with van der Waals surface area (Å²) in [5, 5.41) is 3.11. The lowest BCUT2D eigenvalue weighted by molar-refractivity contribution is 0.0704. The Morgan fingerprint density at radius 3 is 2.89 bits per heavy atom. The monoisotopic (exact) mass is 295 g/mol. The Morgan fingerprint density at radius 2 is 2.33 bits per heavy atom. The van der Waals surface area contributed by atoms with Gasteiger partial charge in [0, 0.05) is 19.1 Å². The van der Waals surface area contributed by atoms with Crippen molar-refractivity contribution >= 4 is 30.7 Å². The summed E-state index contributed by atoms with van der Waals surface area (Å²) in [6.45, 7) is 3.43. The standard InChI is InChI=1S/C11H17N3O2.2ClH/c1-8-10(16-7-13-8)11(15)14-5-3-4-9(14)6-12-2;;/h7,9,12H,3-6H2,1-2H3;2*1H. The van der Waals surface area contributed by atoms with Crippen molar-refractivity contribution in [3.8, 4) is 0 Å². The Morgan fingerprint density at radius 1 is 1.61 bits per heavy atom. The third-order valence-corrected chi connectivity index (χ3v) is 3.02. The van der Waals surface area contributed by atoms with Crippen molar-refractivity contribution in [2.75, 3.05) is 20.1 Å². The molecule has 1 saturated heterocycles. The number of amides is 1. The fourth-order valence-electron chi connectivity index (χ4n) is 2.19. The van der Waals surface area contributed by atoms with Crippen LogP contribution in [0.2, 0.25) is 0 Å². The Balaban J connectivity index is 0.00000144. The Labute approximate surface area is 119 Å². The predicted molar refractivity (Wildman–Crippen MR) is 73.7 cm³/mol. The van der Waals surface area contributed by atoms with Crippen LogP contribution in [0.4, 0.5) is 0 Å². The number of nitrogens with one attached hydrogen (secondary N) is 1. The van der Waals surface area contributed by atoms with E-state index in [-0.39, 0.29) is 36.8 Å². The van der Waals surface area contributed by atoms with Gasteiger partial charge in [0.2, 0.25) is 5.76 Å². The summed E-state index contributed by atoms with van der Waals surface area (Å²) < 4.78 is 5.14. The van der Waals surface area contributed by atoms with Crippen LogP contribution >= 0.6 is 24.8 Å². The largest absolute Gasteiger partial charge is 0.438 e. The van der Waals surface area contributed by atoms with Crippen molar-refractivity contribution in [3.05, 3.63) is 17.8 Å². The summed E-state index contributed by atoms with van der Waals surface area (Å²) in [7, 11) is 1.90. The van der Waals surface area contributed by atoms with Crippen LogP contribution in [0.3, 0.4) is 0 Å². The number of likely N-dealkylation sites (N-methyl/N-ethyl adjacent to an activating group) is 1. The summed E-state index contributed by atoms with van der Waals surface area (Å²) in [4.78, 5) is 18.0. The molecule has 0 spiro atoms. The molecule has 1 atom stereocenters. The molecule has 0 radical (unpaired) electrons. The maximum absolute atomic E-state index is 12.2. The number of nitrogens with zero attached hydrogens (tertiary/aromatic N) is 2. The smallest absolute Gasteiger partial charge is 0.291 e. The van der Waals surface area contributed by atoms with Gasteiger partial charge in [0.15, 0.2) is 6.39 Å². The fraction of sp³-hybridized carbons (Fsp3) is 0.636. The number of aryl methyl sites for hydroxylation is 1. The molecular formula is C11H19Cl2N3O2. The lowest BCUT2D eigenvalue weighted by Gasteiger charge is -2.23. The second-order valence-electron chi connectivity index (χ2n) is 4.12. The number of hydrogen-bond acceptors (Lipinski definition) is 4. The van der Waals surface area contributed by atoms with Gasteiger partial charge in [-0.2, -0.15) is 0 Å². The van der Waals surface area contributed by atoms with E-state index in [0.717, 1.165) is 25.9 Å². The first-order chi connectivity index (χ1) is 7.74. The van der Waals surface area contributed by atoms with Gasteiger partial charge in [0.25, 0.3) is 5.91 Å². The number of halogens is 2. The molecular weight excluding hydrogens is 277 g/mol. The van der Waals surface area contributed by atoms with Crippen molar-refractivity contribution in [2.45, 2.75) is 25.8 Å². The number of oxazole rings is 1. The molecule has 104 valence electrons. The minimum Gasteiger partial charge on any atom is -0.438 e. The summed E-state index contributed by atoms with van der Waals surface area (Å²) in [5.41, 5.74) is 0.667. The molecule has 1 aliphatic rings. The third-order valence-electron chi connectivity index (χ3n) is 3.02. The second-order valence-corrected chi connectivity index (χ2v) is 4.12. The van der Waals surface area contributed by atoms with Crippen molar-refractivity contribution in [3.63, 3.8) is 0 Å². The lowest BCUT2D eigenvalue weighted by Crippen LogP contribution is -2.40. The average molecular weight is 296 g/mol.